The van der Waals surface area contributed by atoms with Gasteiger partial charge in [0.15, 0.2) is 5.96 Å². The van der Waals surface area contributed by atoms with Gasteiger partial charge in [-0.25, -0.2) is 0 Å². The first-order chi connectivity index (χ1) is 8.85. The highest BCUT2D eigenvalue weighted by Crippen LogP contribution is 2.40. The lowest BCUT2D eigenvalue weighted by molar-refractivity contribution is 0.724. The first-order valence-electron chi connectivity index (χ1n) is 6.87. The van der Waals surface area contributed by atoms with E-state index in [1.807, 2.05) is 7.05 Å². The molecule has 0 aromatic heterocycles. The third-order valence-electron chi connectivity index (χ3n) is 3.39. The number of halogens is 1. The molecule has 1 aromatic rings. The molecule has 1 saturated carbocycles. The molecular weight excluding hydrogens is 349 g/mol. The second kappa shape index (κ2) is 8.40. The van der Waals surface area contributed by atoms with Crippen molar-refractivity contribution in [2.45, 2.75) is 38.1 Å². The van der Waals surface area contributed by atoms with Crippen LogP contribution in [0.1, 0.15) is 37.7 Å². The van der Waals surface area contributed by atoms with Crippen LogP contribution in [0.5, 0.6) is 0 Å². The number of guanidine groups is 1. The van der Waals surface area contributed by atoms with Gasteiger partial charge in [0.25, 0.3) is 0 Å². The minimum absolute atomic E-state index is 0. The predicted octanol–water partition coefficient (Wildman–Crippen LogP) is 3.13. The monoisotopic (exact) mass is 373 g/mol. The van der Waals surface area contributed by atoms with Gasteiger partial charge in [-0.05, 0) is 18.4 Å². The van der Waals surface area contributed by atoms with Crippen LogP contribution >= 0.6 is 24.0 Å². The lowest BCUT2D eigenvalue weighted by Gasteiger charge is -2.11. The normalized spacial score (nSPS) is 21.5. The van der Waals surface area contributed by atoms with Crippen LogP contribution in [0.3, 0.4) is 0 Å². The van der Waals surface area contributed by atoms with Crippen molar-refractivity contribution in [2.75, 3.05) is 13.6 Å². The summed E-state index contributed by atoms with van der Waals surface area (Å²) in [4.78, 5) is 4.26. The summed E-state index contributed by atoms with van der Waals surface area (Å²) in [6.45, 7) is 3.20. The Morgan fingerprint density at radius 1 is 1.32 bits per heavy atom. The Bertz CT molecular complexity index is 392. The highest BCUT2D eigenvalue weighted by molar-refractivity contribution is 14.0. The van der Waals surface area contributed by atoms with Crippen molar-refractivity contribution in [3.05, 3.63) is 35.9 Å². The summed E-state index contributed by atoms with van der Waals surface area (Å²) < 4.78 is 0. The molecule has 1 aromatic carbocycles. The van der Waals surface area contributed by atoms with Gasteiger partial charge in [0, 0.05) is 25.6 Å². The van der Waals surface area contributed by atoms with Gasteiger partial charge in [0.2, 0.25) is 0 Å². The number of rotatable bonds is 5. The molecule has 106 valence electrons. The van der Waals surface area contributed by atoms with Gasteiger partial charge in [-0.15, -0.1) is 24.0 Å². The van der Waals surface area contributed by atoms with Gasteiger partial charge in [0.05, 0.1) is 0 Å². The number of unbranched alkanes of at least 4 members (excludes halogenated alkanes) is 1. The number of aliphatic imine (C=N–C) groups is 1. The summed E-state index contributed by atoms with van der Waals surface area (Å²) in [7, 11) is 1.83. The van der Waals surface area contributed by atoms with Gasteiger partial charge in [0.1, 0.15) is 0 Å². The summed E-state index contributed by atoms with van der Waals surface area (Å²) in [5, 5.41) is 6.84. The van der Waals surface area contributed by atoms with E-state index in [0.29, 0.717) is 12.0 Å². The van der Waals surface area contributed by atoms with Gasteiger partial charge >= 0.3 is 0 Å². The molecule has 0 saturated heterocycles. The lowest BCUT2D eigenvalue weighted by atomic mass is 10.1. The van der Waals surface area contributed by atoms with E-state index in [2.05, 4.69) is 52.9 Å². The molecule has 0 heterocycles. The van der Waals surface area contributed by atoms with Crippen molar-refractivity contribution in [3.8, 4) is 0 Å². The third-order valence-corrected chi connectivity index (χ3v) is 3.39. The van der Waals surface area contributed by atoms with Gasteiger partial charge in [-0.2, -0.15) is 0 Å². The van der Waals surface area contributed by atoms with E-state index in [4.69, 9.17) is 0 Å². The average molecular weight is 373 g/mol. The molecule has 0 spiro atoms. The molecular formula is C15H24IN3. The smallest absolute Gasteiger partial charge is 0.191 e. The van der Waals surface area contributed by atoms with Gasteiger partial charge < -0.3 is 10.6 Å². The maximum absolute atomic E-state index is 4.26. The SMILES string of the molecule is CCCCNC(=NC)NC1CC1c1ccccc1.I. The summed E-state index contributed by atoms with van der Waals surface area (Å²) in [6.07, 6.45) is 3.60. The van der Waals surface area contributed by atoms with E-state index in [1.54, 1.807) is 0 Å². The van der Waals surface area contributed by atoms with Crippen LogP contribution in [0.15, 0.2) is 35.3 Å². The predicted molar refractivity (Wildman–Crippen MR) is 92.4 cm³/mol. The largest absolute Gasteiger partial charge is 0.356 e. The Labute approximate surface area is 133 Å². The Morgan fingerprint density at radius 3 is 2.68 bits per heavy atom. The lowest BCUT2D eigenvalue weighted by Crippen LogP contribution is -2.39. The molecule has 1 fully saturated rings. The van der Waals surface area contributed by atoms with Gasteiger partial charge in [-0.3, -0.25) is 4.99 Å². The van der Waals surface area contributed by atoms with Crippen LogP contribution in [0.2, 0.25) is 0 Å². The molecule has 0 radical (unpaired) electrons. The molecule has 4 heteroatoms. The van der Waals surface area contributed by atoms with Crippen LogP contribution in [0.4, 0.5) is 0 Å². The quantitative estimate of drug-likeness (QED) is 0.360. The number of hydrogen-bond acceptors (Lipinski definition) is 1. The van der Waals surface area contributed by atoms with Gasteiger partial charge in [-0.1, -0.05) is 43.7 Å². The highest BCUT2D eigenvalue weighted by Gasteiger charge is 2.38. The van der Waals surface area contributed by atoms with Crippen LogP contribution < -0.4 is 10.6 Å². The zero-order valence-corrected chi connectivity index (χ0v) is 14.1. The van der Waals surface area contributed by atoms with E-state index in [1.165, 1.54) is 24.8 Å². The van der Waals surface area contributed by atoms with Crippen LogP contribution in [-0.4, -0.2) is 25.6 Å². The van der Waals surface area contributed by atoms with E-state index in [9.17, 15) is 0 Å². The summed E-state index contributed by atoms with van der Waals surface area (Å²) in [6, 6.07) is 11.2. The summed E-state index contributed by atoms with van der Waals surface area (Å²) in [5.41, 5.74) is 1.43. The standard InChI is InChI=1S/C15H23N3.HI/c1-3-4-10-17-15(16-2)18-14-11-13(14)12-8-6-5-7-9-12;/h5-9,13-14H,3-4,10-11H2,1-2H3,(H2,16,17,18);1H. The van der Waals surface area contributed by atoms with E-state index in [0.717, 1.165) is 12.5 Å². The van der Waals surface area contributed by atoms with E-state index in [-0.39, 0.29) is 24.0 Å². The second-order valence-electron chi connectivity index (χ2n) is 4.86. The van der Waals surface area contributed by atoms with Crippen molar-refractivity contribution < 1.29 is 0 Å². The molecule has 2 atom stereocenters. The zero-order chi connectivity index (χ0) is 12.8. The highest BCUT2D eigenvalue weighted by atomic mass is 127. The Morgan fingerprint density at radius 2 is 2.05 bits per heavy atom. The average Bonchev–Trinajstić information content (AvgIpc) is 3.18. The van der Waals surface area contributed by atoms with Crippen LogP contribution in [0.25, 0.3) is 0 Å². The van der Waals surface area contributed by atoms with Crippen molar-refractivity contribution >= 4 is 29.9 Å². The third kappa shape index (κ3) is 5.01. The minimum atomic E-state index is 0. The number of nitrogens with one attached hydrogen (secondary N) is 2. The molecule has 3 nitrogen and oxygen atoms in total. The van der Waals surface area contributed by atoms with Crippen molar-refractivity contribution in [3.63, 3.8) is 0 Å². The molecule has 2 rings (SSSR count). The maximum Gasteiger partial charge on any atom is 0.191 e. The molecule has 2 N–H and O–H groups in total. The molecule has 1 aliphatic carbocycles. The molecule has 0 aliphatic heterocycles. The minimum Gasteiger partial charge on any atom is -0.356 e. The van der Waals surface area contributed by atoms with E-state index >= 15 is 0 Å². The first kappa shape index (κ1) is 16.3. The zero-order valence-electron chi connectivity index (χ0n) is 11.7. The maximum atomic E-state index is 4.26. The molecule has 0 bridgehead atoms. The number of nitrogens with zero attached hydrogens (tertiary/aromatic N) is 1. The van der Waals surface area contributed by atoms with Crippen molar-refractivity contribution in [1.29, 1.82) is 0 Å². The first-order valence-corrected chi connectivity index (χ1v) is 6.87. The molecule has 2 unspecified atom stereocenters. The second-order valence-corrected chi connectivity index (χ2v) is 4.86. The van der Waals surface area contributed by atoms with Crippen molar-refractivity contribution in [1.82, 2.24) is 10.6 Å². The Balaban J connectivity index is 0.00000180. The Hall–Kier alpha value is -0.780. The topological polar surface area (TPSA) is 36.4 Å². The van der Waals surface area contributed by atoms with Crippen LogP contribution in [0, 0.1) is 0 Å². The van der Waals surface area contributed by atoms with E-state index < -0.39 is 0 Å². The summed E-state index contributed by atoms with van der Waals surface area (Å²) >= 11 is 0. The Kier molecular flexibility index (Phi) is 7.20. The summed E-state index contributed by atoms with van der Waals surface area (Å²) in [5.74, 6) is 1.59. The fourth-order valence-corrected chi connectivity index (χ4v) is 2.18. The fraction of sp³-hybridized carbons (Fsp3) is 0.533. The molecule has 0 amide bonds. The van der Waals surface area contributed by atoms with Crippen molar-refractivity contribution in [2.24, 2.45) is 4.99 Å². The number of hydrogen-bond donors (Lipinski definition) is 2. The molecule has 1 aliphatic rings. The fourth-order valence-electron chi connectivity index (χ4n) is 2.18. The van der Waals surface area contributed by atoms with Crippen LogP contribution in [-0.2, 0) is 0 Å². The molecule has 19 heavy (non-hydrogen) atoms. The number of benzene rings is 1.